The molecule has 5 heteroatoms. The minimum atomic E-state index is 0.303. The first kappa shape index (κ1) is 10.8. The molecule has 0 aliphatic carbocycles. The van der Waals surface area contributed by atoms with Crippen LogP contribution >= 0.6 is 0 Å². The molecular formula is C11H9N4Se. The molecule has 2 aromatic rings. The quantitative estimate of drug-likeness (QED) is 0.386. The molecule has 1 heterocycles. The fourth-order valence-corrected chi connectivity index (χ4v) is 1.40. The van der Waals surface area contributed by atoms with E-state index in [1.807, 2.05) is 36.4 Å². The Morgan fingerprint density at radius 2 is 2.06 bits per heavy atom. The summed E-state index contributed by atoms with van der Waals surface area (Å²) in [7, 11) is 0. The summed E-state index contributed by atoms with van der Waals surface area (Å²) >= 11 is 2.55. The summed E-state index contributed by atoms with van der Waals surface area (Å²) in [6.07, 6.45) is 1.57. The molecule has 0 bridgehead atoms. The van der Waals surface area contributed by atoms with Gasteiger partial charge in [-0.2, -0.15) is 0 Å². The Morgan fingerprint density at radius 1 is 1.25 bits per heavy atom. The third kappa shape index (κ3) is 2.65. The van der Waals surface area contributed by atoms with Crippen LogP contribution in [0.25, 0.3) is 10.9 Å². The van der Waals surface area contributed by atoms with Gasteiger partial charge >= 0.3 is 101 Å². The summed E-state index contributed by atoms with van der Waals surface area (Å²) in [6, 6.07) is 11.8. The molecule has 0 spiro atoms. The van der Waals surface area contributed by atoms with E-state index >= 15 is 0 Å². The Bertz CT molecular complexity index is 559. The van der Waals surface area contributed by atoms with E-state index in [2.05, 4.69) is 31.2 Å². The molecule has 0 atom stereocenters. The van der Waals surface area contributed by atoms with Gasteiger partial charge in [0.05, 0.1) is 0 Å². The van der Waals surface area contributed by atoms with E-state index in [0.717, 1.165) is 16.6 Å². The monoisotopic (exact) mass is 277 g/mol. The van der Waals surface area contributed by atoms with Crippen molar-refractivity contribution in [2.24, 2.45) is 15.9 Å². The molecule has 1 aromatic heterocycles. The zero-order valence-electron chi connectivity index (χ0n) is 8.37. The summed E-state index contributed by atoms with van der Waals surface area (Å²) in [5.41, 5.74) is 7.00. The van der Waals surface area contributed by atoms with Gasteiger partial charge in [-0.25, -0.2) is 0 Å². The molecule has 16 heavy (non-hydrogen) atoms. The van der Waals surface area contributed by atoms with Crippen LogP contribution in [-0.2, 0) is 0 Å². The van der Waals surface area contributed by atoms with Gasteiger partial charge in [-0.05, 0) is 0 Å². The molecule has 0 aliphatic rings. The first-order chi connectivity index (χ1) is 7.75. The molecule has 2 rings (SSSR count). The molecule has 0 saturated heterocycles. The fourth-order valence-electron chi connectivity index (χ4n) is 1.30. The summed E-state index contributed by atoms with van der Waals surface area (Å²) in [5, 5.41) is 8.56. The zero-order valence-corrected chi connectivity index (χ0v) is 10.1. The van der Waals surface area contributed by atoms with E-state index in [-0.39, 0.29) is 0 Å². The third-order valence-corrected chi connectivity index (χ3v) is 2.14. The van der Waals surface area contributed by atoms with Crippen LogP contribution in [-0.4, -0.2) is 31.9 Å². The second-order valence-electron chi connectivity index (χ2n) is 3.11. The van der Waals surface area contributed by atoms with Crippen molar-refractivity contribution in [3.05, 3.63) is 42.1 Å². The number of fused-ring (bicyclic) bond motifs is 1. The average molecular weight is 276 g/mol. The predicted octanol–water partition coefficient (Wildman–Crippen LogP) is 1.05. The van der Waals surface area contributed by atoms with Crippen molar-refractivity contribution in [2.45, 2.75) is 0 Å². The predicted molar refractivity (Wildman–Crippen MR) is 66.7 cm³/mol. The van der Waals surface area contributed by atoms with Crippen LogP contribution in [0.15, 0.2) is 46.6 Å². The van der Waals surface area contributed by atoms with Crippen LogP contribution in [0.1, 0.15) is 5.69 Å². The van der Waals surface area contributed by atoms with Crippen LogP contribution in [0, 0.1) is 0 Å². The molecule has 79 valence electrons. The van der Waals surface area contributed by atoms with Gasteiger partial charge in [0.1, 0.15) is 0 Å². The molecule has 2 N–H and O–H groups in total. The van der Waals surface area contributed by atoms with Crippen molar-refractivity contribution in [3.8, 4) is 0 Å². The topological polar surface area (TPSA) is 63.6 Å². The number of nitrogens with zero attached hydrogens (tertiary/aromatic N) is 3. The van der Waals surface area contributed by atoms with Crippen LogP contribution < -0.4 is 5.73 Å². The Labute approximate surface area is 101 Å². The molecule has 4 nitrogen and oxygen atoms in total. The van der Waals surface area contributed by atoms with E-state index in [1.165, 1.54) is 0 Å². The van der Waals surface area contributed by atoms with Crippen LogP contribution in [0.5, 0.6) is 0 Å². The Hall–Kier alpha value is -1.71. The van der Waals surface area contributed by atoms with Crippen molar-refractivity contribution < 1.29 is 0 Å². The molecular weight excluding hydrogens is 267 g/mol. The SMILES string of the molecule is N/C([Se])=N/N=Cc1ccc2ccccc2n1. The van der Waals surface area contributed by atoms with E-state index in [9.17, 15) is 0 Å². The van der Waals surface area contributed by atoms with Gasteiger partial charge in [-0.15, -0.1) is 0 Å². The number of hydrogen-bond donors (Lipinski definition) is 1. The number of hydrogen-bond acceptors (Lipinski definition) is 3. The number of amidine groups is 1. The summed E-state index contributed by atoms with van der Waals surface area (Å²) < 4.78 is 0.303. The van der Waals surface area contributed by atoms with Crippen LogP contribution in [0.4, 0.5) is 0 Å². The minimum absolute atomic E-state index is 0.303. The van der Waals surface area contributed by atoms with Crippen molar-refractivity contribution in [3.63, 3.8) is 0 Å². The molecule has 0 aliphatic heterocycles. The van der Waals surface area contributed by atoms with Crippen molar-refractivity contribution in [2.75, 3.05) is 0 Å². The Kier molecular flexibility index (Phi) is 3.29. The first-order valence-electron chi connectivity index (χ1n) is 4.65. The second-order valence-corrected chi connectivity index (χ2v) is 3.99. The van der Waals surface area contributed by atoms with Gasteiger partial charge < -0.3 is 0 Å². The maximum absolute atomic E-state index is 5.31. The van der Waals surface area contributed by atoms with E-state index in [0.29, 0.717) is 4.73 Å². The summed E-state index contributed by atoms with van der Waals surface area (Å²) in [5.74, 6) is 0. The number of pyridine rings is 1. The van der Waals surface area contributed by atoms with Gasteiger partial charge in [-0.1, -0.05) is 0 Å². The van der Waals surface area contributed by atoms with Gasteiger partial charge in [0, 0.05) is 0 Å². The normalized spacial score (nSPS) is 12.4. The molecule has 0 unspecified atom stereocenters. The molecule has 0 fully saturated rings. The average Bonchev–Trinajstić information content (AvgIpc) is 2.28. The van der Waals surface area contributed by atoms with Crippen LogP contribution in [0.2, 0.25) is 0 Å². The third-order valence-electron chi connectivity index (χ3n) is 1.97. The zero-order chi connectivity index (χ0) is 11.4. The Morgan fingerprint density at radius 3 is 2.88 bits per heavy atom. The molecule has 1 aromatic carbocycles. The standard InChI is InChI=1S/C11H9N4Se/c12-11(16)15-13-7-9-6-5-8-3-1-2-4-10(8)14-9/h1-7H,(H2,12,15). The van der Waals surface area contributed by atoms with Crippen molar-refractivity contribution in [1.29, 1.82) is 0 Å². The number of rotatable bonds is 2. The van der Waals surface area contributed by atoms with Crippen molar-refractivity contribution >= 4 is 37.9 Å². The number of benzene rings is 1. The number of para-hydroxylation sites is 1. The number of nitrogens with two attached hydrogens (primary N) is 1. The first-order valence-corrected chi connectivity index (χ1v) is 5.51. The van der Waals surface area contributed by atoms with E-state index < -0.39 is 0 Å². The molecule has 1 radical (unpaired) electrons. The van der Waals surface area contributed by atoms with Gasteiger partial charge in [0.25, 0.3) is 0 Å². The van der Waals surface area contributed by atoms with Gasteiger partial charge in [-0.3, -0.25) is 0 Å². The van der Waals surface area contributed by atoms with Gasteiger partial charge in [0.15, 0.2) is 0 Å². The number of aromatic nitrogens is 1. The van der Waals surface area contributed by atoms with E-state index in [1.54, 1.807) is 6.21 Å². The maximum atomic E-state index is 5.31. The van der Waals surface area contributed by atoms with Crippen molar-refractivity contribution in [1.82, 2.24) is 4.98 Å². The summed E-state index contributed by atoms with van der Waals surface area (Å²) in [6.45, 7) is 0. The summed E-state index contributed by atoms with van der Waals surface area (Å²) in [4.78, 5) is 4.40. The van der Waals surface area contributed by atoms with E-state index in [4.69, 9.17) is 5.73 Å². The Balaban J connectivity index is 2.33. The van der Waals surface area contributed by atoms with Crippen LogP contribution in [0.3, 0.4) is 0 Å². The molecule has 0 amide bonds. The van der Waals surface area contributed by atoms with Gasteiger partial charge in [0.2, 0.25) is 0 Å². The second kappa shape index (κ2) is 4.88. The molecule has 0 saturated carbocycles. The fraction of sp³-hybridized carbons (Fsp3) is 0.